The number of carboxylic acids is 1. The third-order valence-corrected chi connectivity index (χ3v) is 5.43. The van der Waals surface area contributed by atoms with Crippen molar-refractivity contribution in [2.24, 2.45) is 0 Å². The number of fused-ring (bicyclic) bond motifs is 1. The molecule has 0 fully saturated rings. The number of phenols is 1. The number of aliphatic carboxylic acids is 1. The highest BCUT2D eigenvalue weighted by atomic mass is 32.1. The van der Waals surface area contributed by atoms with Crippen molar-refractivity contribution in [3.63, 3.8) is 0 Å². The minimum absolute atomic E-state index is 0.00196. The molecule has 3 rings (SSSR count). The highest BCUT2D eigenvalue weighted by molar-refractivity contribution is 7.12. The van der Waals surface area contributed by atoms with E-state index in [1.807, 2.05) is 6.92 Å². The van der Waals surface area contributed by atoms with Crippen molar-refractivity contribution in [3.8, 4) is 5.75 Å². The maximum atomic E-state index is 12.8. The molecule has 1 atom stereocenters. The van der Waals surface area contributed by atoms with Gasteiger partial charge in [0.05, 0.1) is 12.0 Å². The summed E-state index contributed by atoms with van der Waals surface area (Å²) in [4.78, 5) is 25.7. The van der Waals surface area contributed by atoms with E-state index in [-0.39, 0.29) is 23.9 Å². The molecule has 0 aliphatic heterocycles. The van der Waals surface area contributed by atoms with Gasteiger partial charge >= 0.3 is 5.97 Å². The fourth-order valence-corrected chi connectivity index (χ4v) is 4.49. The summed E-state index contributed by atoms with van der Waals surface area (Å²) in [7, 11) is 0. The van der Waals surface area contributed by atoms with Crippen LogP contribution in [0.4, 0.5) is 0 Å². The van der Waals surface area contributed by atoms with Crippen LogP contribution >= 0.6 is 11.3 Å². The van der Waals surface area contributed by atoms with Crippen LogP contribution in [0.15, 0.2) is 24.3 Å². The van der Waals surface area contributed by atoms with E-state index in [2.05, 4.69) is 0 Å². The standard InChI is InChI=1S/C17H16O4S/c1-9-15(16(21)11-4-2-3-5-13(11)18)12-7-6-10(8-14(19)20)17(12)22-9/h2-5,10,18H,6-8H2,1H3,(H,19,20). The first-order chi connectivity index (χ1) is 10.5. The number of para-hydroxylation sites is 1. The molecule has 114 valence electrons. The summed E-state index contributed by atoms with van der Waals surface area (Å²) in [6.07, 6.45) is 1.61. The molecule has 22 heavy (non-hydrogen) atoms. The van der Waals surface area contributed by atoms with Gasteiger partial charge in [0.15, 0.2) is 5.78 Å². The molecule has 1 unspecified atom stereocenters. The minimum atomic E-state index is -0.808. The molecular weight excluding hydrogens is 300 g/mol. The zero-order valence-corrected chi connectivity index (χ0v) is 12.9. The minimum Gasteiger partial charge on any atom is -0.507 e. The van der Waals surface area contributed by atoms with Gasteiger partial charge in [-0.3, -0.25) is 9.59 Å². The number of aromatic hydroxyl groups is 1. The van der Waals surface area contributed by atoms with Crippen LogP contribution in [0.1, 0.15) is 50.0 Å². The average molecular weight is 316 g/mol. The molecule has 1 aromatic carbocycles. The first-order valence-corrected chi connectivity index (χ1v) is 7.97. The number of carbonyl (C=O) groups excluding carboxylic acids is 1. The van der Waals surface area contributed by atoms with E-state index in [0.717, 1.165) is 28.2 Å². The summed E-state index contributed by atoms with van der Waals surface area (Å²) in [6.45, 7) is 1.88. The molecule has 1 aliphatic rings. The Hall–Kier alpha value is -2.14. The van der Waals surface area contributed by atoms with Gasteiger partial charge in [-0.05, 0) is 37.5 Å². The normalized spacial score (nSPS) is 16.5. The van der Waals surface area contributed by atoms with Gasteiger partial charge in [0, 0.05) is 21.2 Å². The smallest absolute Gasteiger partial charge is 0.303 e. The number of hydrogen-bond acceptors (Lipinski definition) is 4. The monoisotopic (exact) mass is 316 g/mol. The Bertz CT molecular complexity index is 760. The van der Waals surface area contributed by atoms with Gasteiger partial charge < -0.3 is 10.2 Å². The molecule has 1 heterocycles. The van der Waals surface area contributed by atoms with Gasteiger partial charge in [-0.2, -0.15) is 0 Å². The SMILES string of the molecule is Cc1sc2c(c1C(=O)c1ccccc1O)CCC2CC(=O)O. The Labute approximate surface area is 132 Å². The molecule has 0 radical (unpaired) electrons. The molecule has 2 N–H and O–H groups in total. The number of ketones is 1. The van der Waals surface area contributed by atoms with Crippen molar-refractivity contribution in [1.82, 2.24) is 0 Å². The zero-order valence-electron chi connectivity index (χ0n) is 12.1. The molecule has 1 aromatic heterocycles. The molecule has 5 heteroatoms. The summed E-state index contributed by atoms with van der Waals surface area (Å²) in [6, 6.07) is 6.52. The fraction of sp³-hybridized carbons (Fsp3) is 0.294. The number of carbonyl (C=O) groups is 2. The van der Waals surface area contributed by atoms with Crippen molar-refractivity contribution in [2.45, 2.75) is 32.1 Å². The lowest BCUT2D eigenvalue weighted by molar-refractivity contribution is -0.137. The molecule has 0 amide bonds. The predicted octanol–water partition coefficient (Wildman–Crippen LogP) is 3.50. The van der Waals surface area contributed by atoms with E-state index in [9.17, 15) is 14.7 Å². The number of carboxylic acid groups (broad SMARTS) is 1. The lowest BCUT2D eigenvalue weighted by Crippen LogP contribution is -2.04. The quantitative estimate of drug-likeness (QED) is 0.847. The molecule has 0 saturated carbocycles. The highest BCUT2D eigenvalue weighted by Crippen LogP contribution is 2.44. The Morgan fingerprint density at radius 1 is 1.32 bits per heavy atom. The third-order valence-electron chi connectivity index (χ3n) is 4.12. The second kappa shape index (κ2) is 5.57. The van der Waals surface area contributed by atoms with E-state index < -0.39 is 5.97 Å². The largest absolute Gasteiger partial charge is 0.507 e. The second-order valence-corrected chi connectivity index (χ2v) is 6.81. The van der Waals surface area contributed by atoms with Crippen LogP contribution < -0.4 is 0 Å². The summed E-state index contributed by atoms with van der Waals surface area (Å²) in [5.41, 5.74) is 1.92. The van der Waals surface area contributed by atoms with Crippen LogP contribution in [-0.2, 0) is 11.2 Å². The van der Waals surface area contributed by atoms with Gasteiger partial charge in [0.2, 0.25) is 0 Å². The van der Waals surface area contributed by atoms with Crippen molar-refractivity contribution >= 4 is 23.1 Å². The van der Waals surface area contributed by atoms with Crippen LogP contribution in [0.5, 0.6) is 5.75 Å². The van der Waals surface area contributed by atoms with Crippen LogP contribution in [0.3, 0.4) is 0 Å². The second-order valence-electron chi connectivity index (χ2n) is 5.56. The van der Waals surface area contributed by atoms with Crippen molar-refractivity contribution in [3.05, 3.63) is 50.7 Å². The van der Waals surface area contributed by atoms with E-state index in [0.29, 0.717) is 11.1 Å². The molecule has 1 aliphatic carbocycles. The van der Waals surface area contributed by atoms with Crippen molar-refractivity contribution in [2.75, 3.05) is 0 Å². The first-order valence-electron chi connectivity index (χ1n) is 7.15. The van der Waals surface area contributed by atoms with Gasteiger partial charge in [0.25, 0.3) is 0 Å². The molecule has 0 bridgehead atoms. The number of hydrogen-bond donors (Lipinski definition) is 2. The molecular formula is C17H16O4S. The van der Waals surface area contributed by atoms with E-state index in [4.69, 9.17) is 5.11 Å². The van der Waals surface area contributed by atoms with E-state index >= 15 is 0 Å². The fourth-order valence-electron chi connectivity index (χ4n) is 3.14. The summed E-state index contributed by atoms with van der Waals surface area (Å²) >= 11 is 1.52. The first kappa shape index (κ1) is 14.8. The topological polar surface area (TPSA) is 74.6 Å². The number of aryl methyl sites for hydroxylation is 1. The summed E-state index contributed by atoms with van der Waals surface area (Å²) in [5.74, 6) is -1.00. The Kier molecular flexibility index (Phi) is 3.74. The number of benzene rings is 1. The molecule has 4 nitrogen and oxygen atoms in total. The van der Waals surface area contributed by atoms with E-state index in [1.165, 1.54) is 17.4 Å². The number of rotatable bonds is 4. The maximum Gasteiger partial charge on any atom is 0.303 e. The van der Waals surface area contributed by atoms with Crippen LogP contribution in [0, 0.1) is 6.92 Å². The van der Waals surface area contributed by atoms with Gasteiger partial charge in [-0.15, -0.1) is 11.3 Å². The van der Waals surface area contributed by atoms with Gasteiger partial charge in [0.1, 0.15) is 5.75 Å². The lowest BCUT2D eigenvalue weighted by atomic mass is 9.98. The van der Waals surface area contributed by atoms with Gasteiger partial charge in [-0.1, -0.05) is 12.1 Å². The highest BCUT2D eigenvalue weighted by Gasteiger charge is 2.32. The van der Waals surface area contributed by atoms with Crippen LogP contribution in [0.25, 0.3) is 0 Å². The number of thiophene rings is 1. The molecule has 0 saturated heterocycles. The Balaban J connectivity index is 2.02. The predicted molar refractivity (Wildman–Crippen MR) is 83.9 cm³/mol. The Morgan fingerprint density at radius 2 is 2.05 bits per heavy atom. The maximum absolute atomic E-state index is 12.8. The molecule has 2 aromatic rings. The number of phenolic OH excluding ortho intramolecular Hbond substituents is 1. The van der Waals surface area contributed by atoms with Crippen molar-refractivity contribution < 1.29 is 19.8 Å². The van der Waals surface area contributed by atoms with Crippen molar-refractivity contribution in [1.29, 1.82) is 0 Å². The molecule has 0 spiro atoms. The third kappa shape index (κ3) is 2.41. The van der Waals surface area contributed by atoms with E-state index in [1.54, 1.807) is 18.2 Å². The zero-order chi connectivity index (χ0) is 15.9. The van der Waals surface area contributed by atoms with Gasteiger partial charge in [-0.25, -0.2) is 0 Å². The average Bonchev–Trinajstić information content (AvgIpc) is 2.97. The summed E-state index contributed by atoms with van der Waals surface area (Å²) < 4.78 is 0. The lowest BCUT2D eigenvalue weighted by Gasteiger charge is -2.05. The summed E-state index contributed by atoms with van der Waals surface area (Å²) in [5, 5.41) is 18.9. The van der Waals surface area contributed by atoms with Crippen LogP contribution in [0.2, 0.25) is 0 Å². The van der Waals surface area contributed by atoms with Crippen LogP contribution in [-0.4, -0.2) is 22.0 Å². The Morgan fingerprint density at radius 3 is 2.73 bits per heavy atom.